The minimum atomic E-state index is -1.83. The number of ether oxygens (including phenoxy) is 2. The van der Waals surface area contributed by atoms with E-state index in [1.807, 2.05) is 6.07 Å². The predicted octanol–water partition coefficient (Wildman–Crippen LogP) is 1.39. The molecule has 37 heavy (non-hydrogen) atoms. The van der Waals surface area contributed by atoms with Crippen LogP contribution >= 0.6 is 0 Å². The molecule has 1 aromatic heterocycles. The van der Waals surface area contributed by atoms with Crippen molar-refractivity contribution in [1.29, 1.82) is 0 Å². The lowest BCUT2D eigenvalue weighted by molar-refractivity contribution is -0.150. The number of esters is 1. The number of rotatable bonds is 10. The Morgan fingerprint density at radius 3 is 2.19 bits per heavy atom. The molecule has 0 saturated heterocycles. The maximum atomic E-state index is 13.9. The third kappa shape index (κ3) is 7.62. The molecule has 0 aliphatic heterocycles. The second-order valence-electron chi connectivity index (χ2n) is 7.76. The number of benzene rings is 2. The number of nitrogens with one attached hydrogen (secondary N) is 3. The van der Waals surface area contributed by atoms with Crippen LogP contribution in [0, 0.1) is 5.82 Å². The first-order chi connectivity index (χ1) is 17.8. The lowest BCUT2D eigenvalue weighted by Gasteiger charge is -2.23. The van der Waals surface area contributed by atoms with Crippen LogP contribution in [-0.2, 0) is 32.1 Å². The van der Waals surface area contributed by atoms with Gasteiger partial charge in [-0.05, 0) is 18.1 Å². The first-order valence-corrected chi connectivity index (χ1v) is 11.3. The number of nitrogens with zero attached hydrogens (tertiary/aromatic N) is 1. The van der Waals surface area contributed by atoms with Crippen LogP contribution in [0.4, 0.5) is 9.18 Å². The molecule has 1 heterocycles. The molecular weight excluding hydrogens is 487 g/mol. The molecular formula is C25H25FN4O7. The number of aromatic amines is 1. The van der Waals surface area contributed by atoms with Gasteiger partial charge < -0.3 is 20.1 Å². The van der Waals surface area contributed by atoms with Gasteiger partial charge in [-0.1, -0.05) is 60.7 Å². The molecule has 0 fully saturated rings. The number of H-pyrrole nitrogens is 1. The second kappa shape index (κ2) is 12.8. The highest BCUT2D eigenvalue weighted by Crippen LogP contribution is 2.09. The molecule has 2 atom stereocenters. The molecule has 2 aromatic carbocycles. The number of hydrogen-bond donors (Lipinski definition) is 3. The molecule has 3 rings (SSSR count). The van der Waals surface area contributed by atoms with E-state index in [-0.39, 0.29) is 19.6 Å². The molecule has 2 amide bonds. The molecule has 0 bridgehead atoms. The van der Waals surface area contributed by atoms with Gasteiger partial charge in [-0.3, -0.25) is 19.1 Å². The van der Waals surface area contributed by atoms with Crippen molar-refractivity contribution < 1.29 is 28.2 Å². The molecule has 11 nitrogen and oxygen atoms in total. The van der Waals surface area contributed by atoms with Crippen molar-refractivity contribution in [3.8, 4) is 0 Å². The third-order valence-electron chi connectivity index (χ3n) is 5.10. The molecule has 12 heteroatoms. The van der Waals surface area contributed by atoms with Crippen LogP contribution in [0.2, 0.25) is 0 Å². The van der Waals surface area contributed by atoms with E-state index >= 15 is 0 Å². The van der Waals surface area contributed by atoms with E-state index in [1.165, 1.54) is 6.92 Å². The second-order valence-corrected chi connectivity index (χ2v) is 7.76. The molecule has 0 aliphatic carbocycles. The largest absolute Gasteiger partial charge is 0.463 e. The van der Waals surface area contributed by atoms with Gasteiger partial charge in [0, 0.05) is 6.42 Å². The summed E-state index contributed by atoms with van der Waals surface area (Å²) in [4.78, 5) is 63.7. The zero-order chi connectivity index (χ0) is 26.8. The van der Waals surface area contributed by atoms with Gasteiger partial charge in [0.1, 0.15) is 12.6 Å². The highest BCUT2D eigenvalue weighted by molar-refractivity contribution is 5.89. The average Bonchev–Trinajstić information content (AvgIpc) is 2.89. The van der Waals surface area contributed by atoms with Crippen LogP contribution in [0.15, 0.2) is 76.4 Å². The first-order valence-electron chi connectivity index (χ1n) is 11.3. The summed E-state index contributed by atoms with van der Waals surface area (Å²) in [5, 5.41) is 4.75. The van der Waals surface area contributed by atoms with E-state index in [0.29, 0.717) is 16.3 Å². The molecule has 0 spiro atoms. The summed E-state index contributed by atoms with van der Waals surface area (Å²) in [7, 11) is 0. The summed E-state index contributed by atoms with van der Waals surface area (Å²) >= 11 is 0. The third-order valence-corrected chi connectivity index (χ3v) is 5.10. The Labute approximate surface area is 210 Å². The number of amides is 2. The zero-order valence-corrected chi connectivity index (χ0v) is 19.8. The monoisotopic (exact) mass is 512 g/mol. The van der Waals surface area contributed by atoms with E-state index < -0.39 is 47.2 Å². The van der Waals surface area contributed by atoms with E-state index in [2.05, 4.69) is 10.6 Å². The minimum absolute atomic E-state index is 0.00244. The molecule has 194 valence electrons. The van der Waals surface area contributed by atoms with E-state index in [0.717, 1.165) is 5.56 Å². The molecule has 0 radical (unpaired) electrons. The standard InChI is InChI=1S/C25H25FN4O7/c1-2-36-23(33)20(30-14-18(26)21(31)29-24(30)34)28-22(32)19(13-16-9-5-3-6-10-16)27-25(35)37-15-17-11-7-4-8-12-17/h3-12,14,19-20H,2,13,15H2,1H3,(H,27,35)(H,28,32)(H,29,31,34)/t19-,20?/m0/s1. The zero-order valence-electron chi connectivity index (χ0n) is 19.8. The predicted molar refractivity (Wildman–Crippen MR) is 129 cm³/mol. The van der Waals surface area contributed by atoms with Crippen LogP contribution in [0.25, 0.3) is 0 Å². The van der Waals surface area contributed by atoms with Gasteiger partial charge in [-0.25, -0.2) is 14.4 Å². The number of alkyl carbamates (subject to hydrolysis) is 1. The van der Waals surface area contributed by atoms with Gasteiger partial charge >= 0.3 is 17.8 Å². The maximum absolute atomic E-state index is 13.9. The summed E-state index contributed by atoms with van der Waals surface area (Å²) in [6, 6.07) is 16.3. The molecule has 0 saturated carbocycles. The number of aromatic nitrogens is 2. The van der Waals surface area contributed by atoms with Gasteiger partial charge in [-0.15, -0.1) is 0 Å². The van der Waals surface area contributed by atoms with E-state index in [4.69, 9.17) is 9.47 Å². The fourth-order valence-electron chi connectivity index (χ4n) is 3.32. The lowest BCUT2D eigenvalue weighted by Crippen LogP contribution is -2.53. The topological polar surface area (TPSA) is 149 Å². The van der Waals surface area contributed by atoms with Crippen molar-refractivity contribution >= 4 is 18.0 Å². The summed E-state index contributed by atoms with van der Waals surface area (Å²) < 4.78 is 24.5. The lowest BCUT2D eigenvalue weighted by atomic mass is 10.1. The Morgan fingerprint density at radius 2 is 1.57 bits per heavy atom. The quantitative estimate of drug-likeness (QED) is 0.348. The van der Waals surface area contributed by atoms with Crippen molar-refractivity contribution in [1.82, 2.24) is 20.2 Å². The minimum Gasteiger partial charge on any atom is -0.463 e. The molecule has 1 unspecified atom stereocenters. The van der Waals surface area contributed by atoms with Crippen LogP contribution < -0.4 is 21.9 Å². The molecule has 3 N–H and O–H groups in total. The number of carbonyl (C=O) groups is 3. The fraction of sp³-hybridized carbons (Fsp3) is 0.240. The van der Waals surface area contributed by atoms with E-state index in [1.54, 1.807) is 59.6 Å². The van der Waals surface area contributed by atoms with Gasteiger partial charge in [-0.2, -0.15) is 4.39 Å². The molecule has 3 aromatic rings. The van der Waals surface area contributed by atoms with Crippen LogP contribution in [0.5, 0.6) is 0 Å². The number of carbonyl (C=O) groups excluding carboxylic acids is 3. The summed E-state index contributed by atoms with van der Waals surface area (Å²) in [5.41, 5.74) is -1.05. The van der Waals surface area contributed by atoms with Crippen molar-refractivity contribution in [3.63, 3.8) is 0 Å². The maximum Gasteiger partial charge on any atom is 0.408 e. The Bertz CT molecular complexity index is 1340. The normalized spacial score (nSPS) is 12.2. The van der Waals surface area contributed by atoms with Crippen molar-refractivity contribution in [2.75, 3.05) is 6.61 Å². The van der Waals surface area contributed by atoms with Gasteiger partial charge in [0.25, 0.3) is 5.56 Å². The van der Waals surface area contributed by atoms with Crippen LogP contribution in [0.1, 0.15) is 24.2 Å². The van der Waals surface area contributed by atoms with Crippen molar-refractivity contribution in [2.24, 2.45) is 0 Å². The van der Waals surface area contributed by atoms with Gasteiger partial charge in [0.2, 0.25) is 17.9 Å². The highest BCUT2D eigenvalue weighted by Gasteiger charge is 2.30. The summed E-state index contributed by atoms with van der Waals surface area (Å²) in [6.07, 6.45) is -2.25. The van der Waals surface area contributed by atoms with Crippen molar-refractivity contribution in [2.45, 2.75) is 32.2 Å². The van der Waals surface area contributed by atoms with Crippen LogP contribution in [0.3, 0.4) is 0 Å². The molecule has 0 aliphatic rings. The average molecular weight is 512 g/mol. The number of halogens is 1. The SMILES string of the molecule is CCOC(=O)C(NC(=O)[C@H](Cc1ccccc1)NC(=O)OCc1ccccc1)n1cc(F)c(=O)[nH]c1=O. The Kier molecular flexibility index (Phi) is 9.30. The first kappa shape index (κ1) is 26.9. The fourth-order valence-corrected chi connectivity index (χ4v) is 3.32. The summed E-state index contributed by atoms with van der Waals surface area (Å²) in [6.45, 7) is 1.34. The number of hydrogen-bond acceptors (Lipinski definition) is 7. The Balaban J connectivity index is 1.84. The van der Waals surface area contributed by atoms with Gasteiger partial charge in [0.15, 0.2) is 0 Å². The van der Waals surface area contributed by atoms with E-state index in [9.17, 15) is 28.4 Å². The summed E-state index contributed by atoms with van der Waals surface area (Å²) in [5.74, 6) is -3.34. The van der Waals surface area contributed by atoms with Gasteiger partial charge in [0.05, 0.1) is 12.8 Å². The Hall–Kier alpha value is -4.74. The highest BCUT2D eigenvalue weighted by atomic mass is 19.1. The smallest absolute Gasteiger partial charge is 0.408 e. The Morgan fingerprint density at radius 1 is 0.946 bits per heavy atom. The van der Waals surface area contributed by atoms with Crippen molar-refractivity contribution in [3.05, 3.63) is 105 Å². The van der Waals surface area contributed by atoms with Crippen LogP contribution in [-0.4, -0.2) is 40.2 Å².